The van der Waals surface area contributed by atoms with Gasteiger partial charge in [0, 0.05) is 40.8 Å². The Kier molecular flexibility index (Phi) is 6.43. The molecule has 1 amide bonds. The quantitative estimate of drug-likeness (QED) is 0.491. The number of carbonyl (C=O) groups is 1. The highest BCUT2D eigenvalue weighted by atomic mass is 35.5. The minimum atomic E-state index is -4.59. The summed E-state index contributed by atoms with van der Waals surface area (Å²) in [5.41, 5.74) is 0.549. The van der Waals surface area contributed by atoms with Crippen LogP contribution in [0.2, 0.25) is 5.02 Å². The summed E-state index contributed by atoms with van der Waals surface area (Å²) >= 11 is 6.07. The van der Waals surface area contributed by atoms with Crippen LogP contribution in [-0.2, 0) is 6.18 Å². The molecule has 1 fully saturated rings. The highest BCUT2D eigenvalue weighted by Crippen LogP contribution is 2.36. The monoisotopic (exact) mass is 477 g/mol. The maximum absolute atomic E-state index is 13.4. The Morgan fingerprint density at radius 2 is 2.09 bits per heavy atom. The van der Waals surface area contributed by atoms with Crippen LogP contribution >= 0.6 is 11.6 Å². The smallest absolute Gasteiger partial charge is 0.349 e. The Bertz CT molecular complexity index is 1220. The van der Waals surface area contributed by atoms with Gasteiger partial charge in [0.05, 0.1) is 23.0 Å². The lowest BCUT2D eigenvalue weighted by molar-refractivity contribution is -0.140. The van der Waals surface area contributed by atoms with Crippen LogP contribution in [0.15, 0.2) is 41.7 Å². The summed E-state index contributed by atoms with van der Waals surface area (Å²) in [5, 5.41) is 8.03. The molecule has 1 aliphatic rings. The van der Waals surface area contributed by atoms with Crippen LogP contribution in [0.5, 0.6) is 0 Å². The van der Waals surface area contributed by atoms with Gasteiger partial charge < -0.3 is 5.32 Å². The number of amides is 1. The lowest BCUT2D eigenvalue weighted by Gasteiger charge is -2.24. The molecule has 10 heteroatoms. The fraction of sp³-hybridized carbons (Fsp3) is 0.391. The normalized spacial score (nSPS) is 18.3. The molecular weight excluding hydrogens is 455 g/mol. The maximum atomic E-state index is 13.4. The lowest BCUT2D eigenvalue weighted by atomic mass is 9.93. The molecule has 0 spiro atoms. The molecule has 0 saturated heterocycles. The Balaban J connectivity index is 1.58. The van der Waals surface area contributed by atoms with E-state index in [0.717, 1.165) is 24.6 Å². The van der Waals surface area contributed by atoms with Crippen LogP contribution in [0, 0.1) is 0 Å². The number of aromatic nitrogens is 3. The molecule has 1 aliphatic carbocycles. The molecule has 0 aliphatic heterocycles. The molecule has 0 radical (unpaired) electrons. The summed E-state index contributed by atoms with van der Waals surface area (Å²) in [6.07, 6.45) is 1.26. The average molecular weight is 478 g/mol. The molecule has 4 rings (SSSR count). The molecule has 2 heterocycles. The zero-order valence-electron chi connectivity index (χ0n) is 18.2. The van der Waals surface area contributed by atoms with Gasteiger partial charge in [-0.1, -0.05) is 11.6 Å². The van der Waals surface area contributed by atoms with Gasteiger partial charge >= 0.3 is 6.18 Å². The number of benzene rings is 1. The number of aliphatic imine (C=N–C) groups is 1. The van der Waals surface area contributed by atoms with Crippen molar-refractivity contribution in [2.45, 2.75) is 57.8 Å². The zero-order chi connectivity index (χ0) is 23.8. The van der Waals surface area contributed by atoms with E-state index in [9.17, 15) is 18.0 Å². The van der Waals surface area contributed by atoms with Crippen LogP contribution in [0.3, 0.4) is 0 Å². The molecule has 174 valence electrons. The van der Waals surface area contributed by atoms with Crippen molar-refractivity contribution >= 4 is 39.8 Å². The summed E-state index contributed by atoms with van der Waals surface area (Å²) in [7, 11) is 0. The predicted octanol–water partition coefficient (Wildman–Crippen LogP) is 6.13. The van der Waals surface area contributed by atoms with E-state index in [4.69, 9.17) is 11.6 Å². The van der Waals surface area contributed by atoms with Gasteiger partial charge in [0.1, 0.15) is 5.69 Å². The minimum Gasteiger partial charge on any atom is -0.349 e. The second-order valence-electron chi connectivity index (χ2n) is 8.43. The predicted molar refractivity (Wildman–Crippen MR) is 121 cm³/mol. The second-order valence-corrected chi connectivity index (χ2v) is 8.87. The van der Waals surface area contributed by atoms with E-state index < -0.39 is 11.9 Å². The number of hydrogen-bond donors (Lipinski definition) is 1. The third kappa shape index (κ3) is 5.35. The molecular formula is C23H23ClF3N5O. The largest absolute Gasteiger partial charge is 0.433 e. The fourth-order valence-electron chi connectivity index (χ4n) is 3.86. The molecule has 1 saturated carbocycles. The van der Waals surface area contributed by atoms with E-state index in [0.29, 0.717) is 28.8 Å². The average Bonchev–Trinajstić information content (AvgIpc) is 3.24. The highest BCUT2D eigenvalue weighted by Gasteiger charge is 2.33. The molecule has 6 nitrogen and oxygen atoms in total. The summed E-state index contributed by atoms with van der Waals surface area (Å²) in [6, 6.07) is 5.46. The van der Waals surface area contributed by atoms with Crippen molar-refractivity contribution < 1.29 is 18.0 Å². The Morgan fingerprint density at radius 3 is 2.79 bits per heavy atom. The van der Waals surface area contributed by atoms with Gasteiger partial charge in [-0.25, -0.2) is 4.98 Å². The van der Waals surface area contributed by atoms with Crippen molar-refractivity contribution in [3.63, 3.8) is 0 Å². The van der Waals surface area contributed by atoms with E-state index in [-0.39, 0.29) is 29.2 Å². The lowest BCUT2D eigenvalue weighted by Crippen LogP contribution is -2.38. The van der Waals surface area contributed by atoms with Crippen molar-refractivity contribution in [1.29, 1.82) is 0 Å². The van der Waals surface area contributed by atoms with Gasteiger partial charge in [0.15, 0.2) is 0 Å². The zero-order valence-corrected chi connectivity index (χ0v) is 18.9. The van der Waals surface area contributed by atoms with Crippen LogP contribution in [0.1, 0.15) is 61.6 Å². The molecule has 1 aromatic carbocycles. The van der Waals surface area contributed by atoms with Gasteiger partial charge in [-0.3, -0.25) is 14.5 Å². The Hall–Kier alpha value is -2.94. The highest BCUT2D eigenvalue weighted by molar-refractivity contribution is 6.31. The number of fused-ring (bicyclic) bond motifs is 1. The molecule has 1 atom stereocenters. The third-order valence-corrected chi connectivity index (χ3v) is 5.78. The summed E-state index contributed by atoms with van der Waals surface area (Å²) < 4.78 is 41.9. The Labute approximate surface area is 193 Å². The summed E-state index contributed by atoms with van der Waals surface area (Å²) in [6.45, 7) is 3.94. The van der Waals surface area contributed by atoms with Crippen molar-refractivity contribution in [2.24, 2.45) is 4.99 Å². The van der Waals surface area contributed by atoms with Crippen LogP contribution < -0.4 is 5.32 Å². The van der Waals surface area contributed by atoms with E-state index in [1.807, 2.05) is 13.8 Å². The van der Waals surface area contributed by atoms with Crippen molar-refractivity contribution in [3.05, 3.63) is 52.9 Å². The Morgan fingerprint density at radius 1 is 1.30 bits per heavy atom. The number of alkyl halides is 3. The first-order valence-corrected chi connectivity index (χ1v) is 11.1. The topological polar surface area (TPSA) is 72.2 Å². The van der Waals surface area contributed by atoms with Crippen LogP contribution in [0.4, 0.5) is 18.9 Å². The van der Waals surface area contributed by atoms with Gasteiger partial charge in [0.2, 0.25) is 0 Å². The van der Waals surface area contributed by atoms with Crippen LogP contribution in [-0.4, -0.2) is 32.4 Å². The first-order valence-electron chi connectivity index (χ1n) is 10.7. The molecule has 3 aromatic rings. The van der Waals surface area contributed by atoms with Gasteiger partial charge in [0.25, 0.3) is 5.91 Å². The second kappa shape index (κ2) is 9.13. The number of hydrogen-bond acceptors (Lipinski definition) is 4. The van der Waals surface area contributed by atoms with Crippen molar-refractivity contribution in [3.8, 4) is 0 Å². The third-order valence-electron chi connectivity index (χ3n) is 5.55. The number of nitrogens with zero attached hydrogens (tertiary/aromatic N) is 4. The first kappa shape index (κ1) is 23.2. The molecule has 33 heavy (non-hydrogen) atoms. The van der Waals surface area contributed by atoms with E-state index >= 15 is 0 Å². The van der Waals surface area contributed by atoms with Crippen LogP contribution in [0.25, 0.3) is 10.9 Å². The van der Waals surface area contributed by atoms with Gasteiger partial charge in [-0.2, -0.15) is 18.3 Å². The number of pyridine rings is 1. The number of carbonyl (C=O) groups excluding carboxylic acids is 1. The molecule has 2 aromatic heterocycles. The first-order chi connectivity index (χ1) is 15.6. The van der Waals surface area contributed by atoms with Crippen molar-refractivity contribution in [2.75, 3.05) is 0 Å². The number of nitrogens with one attached hydrogen (secondary N) is 1. The van der Waals surface area contributed by atoms with Crippen molar-refractivity contribution in [1.82, 2.24) is 20.1 Å². The van der Waals surface area contributed by atoms with Gasteiger partial charge in [-0.05, 0) is 57.4 Å². The van der Waals surface area contributed by atoms with E-state index in [1.54, 1.807) is 16.9 Å². The van der Waals surface area contributed by atoms with E-state index in [1.165, 1.54) is 18.3 Å². The summed E-state index contributed by atoms with van der Waals surface area (Å²) in [5.74, 6) is -0.228. The molecule has 0 unspecified atom stereocenters. The standard InChI is InChI=1S/C23H23ClF3N5O/c1-13(2)32-12-14(11-28-32)22(33)30-17-5-3-4-16(9-17)29-20-10-21(23(25,26)27)31-19-7-6-15(24)8-18(19)20/h6-8,10-13,17H,3-5,9H2,1-2H3,(H,30,33)/t17-/m1/s1. The minimum absolute atomic E-state index is 0.144. The molecule has 0 bridgehead atoms. The number of rotatable bonds is 4. The SMILES string of the molecule is CC(C)n1cc(C(=O)N[C@@H]2CCCC(=Nc3cc(C(F)(F)F)nc4ccc(Cl)cc34)C2)cn1. The van der Waals surface area contributed by atoms with Gasteiger partial charge in [-0.15, -0.1) is 0 Å². The van der Waals surface area contributed by atoms with E-state index in [2.05, 4.69) is 20.4 Å². The summed E-state index contributed by atoms with van der Waals surface area (Å²) in [4.78, 5) is 20.9. The fourth-order valence-corrected chi connectivity index (χ4v) is 4.03. The number of halogens is 4. The maximum Gasteiger partial charge on any atom is 0.433 e. The molecule has 1 N–H and O–H groups in total.